The fraction of sp³-hybridized carbons (Fsp3) is 0.375. The number of benzene rings is 1. The first-order valence-electron chi connectivity index (χ1n) is 7.37. The molecule has 0 aromatic heterocycles. The molecule has 0 aliphatic carbocycles. The van der Waals surface area contributed by atoms with Gasteiger partial charge in [0.15, 0.2) is 0 Å². The Morgan fingerprint density at radius 1 is 1.19 bits per heavy atom. The van der Waals surface area contributed by atoms with E-state index < -0.39 is 46.5 Å². The number of nitrogens with one attached hydrogen (secondary N) is 1. The van der Waals surface area contributed by atoms with Crippen LogP contribution in [0.25, 0.3) is 0 Å². The molecule has 1 unspecified atom stereocenters. The number of methoxy groups -OCH3 is 1. The zero-order valence-electron chi connectivity index (χ0n) is 14.5. The molecule has 1 atom stereocenters. The third kappa shape index (κ3) is 6.93. The van der Waals surface area contributed by atoms with E-state index in [1.165, 1.54) is 0 Å². The van der Waals surface area contributed by atoms with Gasteiger partial charge in [-0.2, -0.15) is 13.2 Å². The normalized spacial score (nSPS) is 12.1. The van der Waals surface area contributed by atoms with E-state index in [1.807, 2.05) is 0 Å². The molecule has 27 heavy (non-hydrogen) atoms. The summed E-state index contributed by atoms with van der Waals surface area (Å²) < 4.78 is 47.7. The van der Waals surface area contributed by atoms with Crippen molar-refractivity contribution in [1.82, 2.24) is 5.32 Å². The molecule has 0 bridgehead atoms. The Morgan fingerprint density at radius 2 is 1.81 bits per heavy atom. The van der Waals surface area contributed by atoms with Crippen molar-refractivity contribution in [2.45, 2.75) is 26.1 Å². The molecule has 1 rings (SSSR count). The minimum Gasteiger partial charge on any atom is -0.467 e. The first-order valence-corrected chi connectivity index (χ1v) is 8.36. The Labute approximate surface area is 156 Å². The summed E-state index contributed by atoms with van der Waals surface area (Å²) in [4.78, 5) is 46.2. The van der Waals surface area contributed by atoms with Crippen molar-refractivity contribution in [3.63, 3.8) is 0 Å². The lowest BCUT2D eigenvalue weighted by Gasteiger charge is -2.15. The molecular formula is C16H16F3NO6S. The standard InChI is InChI=1S/C16H16F3NO6S/c1-8(21)20-12(14(23)25-3)7-27-15(24)11-5-4-10(16(17,18)19)6-13(11)26-9(2)22/h4-6,12H,7H2,1-3H3,(H,20,21). The minimum absolute atomic E-state index is 0.231. The molecule has 1 aromatic rings. The van der Waals surface area contributed by atoms with E-state index in [0.717, 1.165) is 27.0 Å². The lowest BCUT2D eigenvalue weighted by atomic mass is 10.1. The van der Waals surface area contributed by atoms with E-state index in [2.05, 4.69) is 10.1 Å². The van der Waals surface area contributed by atoms with E-state index in [0.29, 0.717) is 23.9 Å². The van der Waals surface area contributed by atoms with Crippen molar-refractivity contribution in [2.24, 2.45) is 0 Å². The molecule has 7 nitrogen and oxygen atoms in total. The predicted molar refractivity (Wildman–Crippen MR) is 89.2 cm³/mol. The SMILES string of the molecule is COC(=O)C(CSC(=O)c1ccc(C(F)(F)F)cc1OC(C)=O)NC(C)=O. The third-order valence-corrected chi connectivity index (χ3v) is 4.01. The van der Waals surface area contributed by atoms with Gasteiger partial charge in [-0.15, -0.1) is 0 Å². The number of alkyl halides is 3. The van der Waals surface area contributed by atoms with Crippen molar-refractivity contribution >= 4 is 34.7 Å². The average molecular weight is 407 g/mol. The highest BCUT2D eigenvalue weighted by atomic mass is 32.2. The lowest BCUT2D eigenvalue weighted by Crippen LogP contribution is -2.42. The highest BCUT2D eigenvalue weighted by Crippen LogP contribution is 2.34. The summed E-state index contributed by atoms with van der Waals surface area (Å²) in [5.41, 5.74) is -1.37. The largest absolute Gasteiger partial charge is 0.467 e. The molecule has 1 amide bonds. The molecule has 0 heterocycles. The maximum Gasteiger partial charge on any atom is 0.416 e. The summed E-state index contributed by atoms with van der Waals surface area (Å²) in [6, 6.07) is 0.961. The van der Waals surface area contributed by atoms with E-state index in [4.69, 9.17) is 4.74 Å². The number of hydrogen-bond acceptors (Lipinski definition) is 7. The lowest BCUT2D eigenvalue weighted by molar-refractivity contribution is -0.144. The molecular weight excluding hydrogens is 391 g/mol. The van der Waals surface area contributed by atoms with Crippen LogP contribution in [0.15, 0.2) is 18.2 Å². The van der Waals surface area contributed by atoms with E-state index in [1.54, 1.807) is 0 Å². The first kappa shape index (κ1) is 22.5. The average Bonchev–Trinajstić information content (AvgIpc) is 2.55. The number of carbonyl (C=O) groups excluding carboxylic acids is 4. The molecule has 0 saturated heterocycles. The second-order valence-corrected chi connectivity index (χ2v) is 6.17. The van der Waals surface area contributed by atoms with Crippen LogP contribution < -0.4 is 10.1 Å². The van der Waals surface area contributed by atoms with Crippen molar-refractivity contribution < 1.29 is 41.8 Å². The van der Waals surface area contributed by atoms with Gasteiger partial charge >= 0.3 is 18.1 Å². The third-order valence-electron chi connectivity index (χ3n) is 3.03. The van der Waals surface area contributed by atoms with Crippen molar-refractivity contribution in [3.05, 3.63) is 29.3 Å². The van der Waals surface area contributed by atoms with E-state index in [-0.39, 0.29) is 11.3 Å². The van der Waals surface area contributed by atoms with Crippen molar-refractivity contribution in [3.8, 4) is 5.75 Å². The number of carbonyl (C=O) groups is 4. The smallest absolute Gasteiger partial charge is 0.416 e. The number of esters is 2. The monoisotopic (exact) mass is 407 g/mol. The van der Waals surface area contributed by atoms with Gasteiger partial charge < -0.3 is 14.8 Å². The molecule has 0 spiro atoms. The van der Waals surface area contributed by atoms with Crippen molar-refractivity contribution in [2.75, 3.05) is 12.9 Å². The summed E-state index contributed by atoms with van der Waals surface area (Å²) in [5.74, 6) is -3.01. The van der Waals surface area contributed by atoms with E-state index >= 15 is 0 Å². The Hall–Kier alpha value is -2.56. The van der Waals surface area contributed by atoms with Gasteiger partial charge in [0.2, 0.25) is 11.0 Å². The number of rotatable bonds is 6. The van der Waals surface area contributed by atoms with Gasteiger partial charge in [-0.05, 0) is 18.2 Å². The number of thioether (sulfide) groups is 1. The van der Waals surface area contributed by atoms with Crippen LogP contribution in [0, 0.1) is 0 Å². The van der Waals surface area contributed by atoms with Gasteiger partial charge in [-0.1, -0.05) is 11.8 Å². The van der Waals surface area contributed by atoms with Gasteiger partial charge in [0.05, 0.1) is 18.2 Å². The number of amides is 1. The number of hydrogen-bond donors (Lipinski definition) is 1. The highest BCUT2D eigenvalue weighted by Gasteiger charge is 2.32. The van der Waals surface area contributed by atoms with Gasteiger partial charge in [0.25, 0.3) is 0 Å². The highest BCUT2D eigenvalue weighted by molar-refractivity contribution is 8.14. The van der Waals surface area contributed by atoms with E-state index in [9.17, 15) is 32.3 Å². The zero-order valence-corrected chi connectivity index (χ0v) is 15.3. The minimum atomic E-state index is -4.69. The fourth-order valence-corrected chi connectivity index (χ4v) is 2.76. The quantitative estimate of drug-likeness (QED) is 0.570. The van der Waals surface area contributed by atoms with Crippen LogP contribution in [0.1, 0.15) is 29.8 Å². The van der Waals surface area contributed by atoms with Gasteiger partial charge in [-0.25, -0.2) is 4.79 Å². The van der Waals surface area contributed by atoms with Gasteiger partial charge in [0.1, 0.15) is 11.8 Å². The van der Waals surface area contributed by atoms with Crippen LogP contribution in [0.4, 0.5) is 13.2 Å². The maximum atomic E-state index is 12.8. The topological polar surface area (TPSA) is 98.8 Å². The Kier molecular flexibility index (Phi) is 7.82. The summed E-state index contributed by atoms with van der Waals surface area (Å²) in [5, 5.41) is 1.54. The molecule has 1 N–H and O–H groups in total. The first-order chi connectivity index (χ1) is 12.5. The summed E-state index contributed by atoms with van der Waals surface area (Å²) in [6.45, 7) is 2.14. The summed E-state index contributed by atoms with van der Waals surface area (Å²) in [6.07, 6.45) is -4.69. The molecule has 0 fully saturated rings. The molecule has 0 aliphatic heterocycles. The predicted octanol–water partition coefficient (Wildman–Crippen LogP) is 2.18. The van der Waals surface area contributed by atoms with Gasteiger partial charge in [-0.3, -0.25) is 14.4 Å². The Morgan fingerprint density at radius 3 is 2.30 bits per heavy atom. The molecule has 11 heteroatoms. The van der Waals surface area contributed by atoms with Crippen LogP contribution >= 0.6 is 11.8 Å². The fourth-order valence-electron chi connectivity index (χ4n) is 1.90. The number of halogens is 3. The van der Waals surface area contributed by atoms with Gasteiger partial charge in [0, 0.05) is 19.6 Å². The summed E-state index contributed by atoms with van der Waals surface area (Å²) >= 11 is 0.551. The maximum absolute atomic E-state index is 12.8. The molecule has 0 saturated carbocycles. The molecule has 0 radical (unpaired) electrons. The van der Waals surface area contributed by atoms with Crippen LogP contribution in [0.2, 0.25) is 0 Å². The molecule has 148 valence electrons. The Balaban J connectivity index is 3.05. The molecule has 0 aliphatic rings. The second-order valence-electron chi connectivity index (χ2n) is 5.18. The van der Waals surface area contributed by atoms with Crippen LogP contribution in [-0.4, -0.2) is 41.9 Å². The number of ether oxygens (including phenoxy) is 2. The van der Waals surface area contributed by atoms with Crippen LogP contribution in [-0.2, 0) is 25.3 Å². The van der Waals surface area contributed by atoms with Crippen molar-refractivity contribution in [1.29, 1.82) is 0 Å². The second kappa shape index (κ2) is 9.40. The van der Waals surface area contributed by atoms with Crippen LogP contribution in [0.5, 0.6) is 5.75 Å². The molecule has 1 aromatic carbocycles. The summed E-state index contributed by atoms with van der Waals surface area (Å²) in [7, 11) is 1.10. The zero-order chi connectivity index (χ0) is 20.8. The Bertz CT molecular complexity index is 750. The van der Waals surface area contributed by atoms with Crippen LogP contribution in [0.3, 0.4) is 0 Å².